The van der Waals surface area contributed by atoms with Gasteiger partial charge in [0.25, 0.3) is 5.91 Å². The molecule has 0 spiro atoms. The molecule has 1 aliphatic heterocycles. The van der Waals surface area contributed by atoms with Crippen LogP contribution in [0, 0.1) is 22.6 Å². The second kappa shape index (κ2) is 12.3. The Hall–Kier alpha value is -3.52. The van der Waals surface area contributed by atoms with Gasteiger partial charge >= 0.3 is 0 Å². The van der Waals surface area contributed by atoms with E-state index in [4.69, 9.17) is 5.41 Å². The van der Waals surface area contributed by atoms with Crippen LogP contribution < -0.4 is 5.32 Å². The van der Waals surface area contributed by atoms with Crippen molar-refractivity contribution < 1.29 is 19.1 Å². The van der Waals surface area contributed by atoms with E-state index < -0.39 is 16.8 Å². The third-order valence-electron chi connectivity index (χ3n) is 7.11. The first-order chi connectivity index (χ1) is 18.8. The molecule has 0 unspecified atom stereocenters. The lowest BCUT2D eigenvalue weighted by Gasteiger charge is -2.43. The number of nitrogens with one attached hydrogen (secondary N) is 2. The molecule has 2 fully saturated rings. The topological polar surface area (TPSA) is 96.7 Å². The summed E-state index contributed by atoms with van der Waals surface area (Å²) in [6.45, 7) is 15.0. The van der Waals surface area contributed by atoms with Crippen molar-refractivity contribution in [1.29, 1.82) is 5.41 Å². The summed E-state index contributed by atoms with van der Waals surface area (Å²) in [5.74, 6) is -0.900. The summed E-state index contributed by atoms with van der Waals surface area (Å²) in [6, 6.07) is 10.4. The maximum atomic E-state index is 15.4. The van der Waals surface area contributed by atoms with E-state index in [2.05, 4.69) is 25.7 Å². The highest BCUT2D eigenvalue weighted by Gasteiger charge is 2.52. The lowest BCUT2D eigenvalue weighted by molar-refractivity contribution is -0.150. The fourth-order valence-corrected chi connectivity index (χ4v) is 4.62. The number of aliphatic hydroxyl groups is 1. The summed E-state index contributed by atoms with van der Waals surface area (Å²) in [7, 11) is 1.78. The molecule has 4 rings (SSSR count). The maximum absolute atomic E-state index is 15.4. The molecule has 0 radical (unpaired) electrons. The van der Waals surface area contributed by atoms with Crippen LogP contribution in [-0.2, 0) is 9.59 Å². The van der Waals surface area contributed by atoms with Crippen LogP contribution in [-0.4, -0.2) is 65.2 Å². The van der Waals surface area contributed by atoms with Crippen molar-refractivity contribution in [1.82, 2.24) is 9.80 Å². The maximum Gasteiger partial charge on any atom is 0.254 e. The Morgan fingerprint density at radius 2 is 1.75 bits per heavy atom. The zero-order valence-corrected chi connectivity index (χ0v) is 24.6. The standard InChI is InChI=1S/C29H35FN4O3.C3H8/c1-18(23-8-6-21(13-24(23)30)20-7-9-25(32-5)22(12-20)14-31)34(26(35)28(2,3)4)17-19-15-33(16-19)27(36)29(37)10-11-29;1-3-2/h6-9,12-14,19,31-32,37H,1,10-11,15-17H2,2-5H3;3H2,1-2H3. The van der Waals surface area contributed by atoms with E-state index in [1.807, 2.05) is 39.0 Å². The second-order valence-electron chi connectivity index (χ2n) is 11.8. The van der Waals surface area contributed by atoms with Gasteiger partial charge in [-0.15, -0.1) is 0 Å². The molecule has 0 aromatic heterocycles. The van der Waals surface area contributed by atoms with E-state index in [9.17, 15) is 14.7 Å². The van der Waals surface area contributed by atoms with E-state index in [0.717, 1.165) is 11.3 Å². The van der Waals surface area contributed by atoms with Gasteiger partial charge in [-0.2, -0.15) is 0 Å². The van der Waals surface area contributed by atoms with Gasteiger partial charge in [0.05, 0.1) is 0 Å². The minimum Gasteiger partial charge on any atom is -0.388 e. The number of amides is 2. The van der Waals surface area contributed by atoms with Gasteiger partial charge in [0.15, 0.2) is 0 Å². The number of carbonyl (C=O) groups is 2. The number of hydrogen-bond acceptors (Lipinski definition) is 5. The summed E-state index contributed by atoms with van der Waals surface area (Å²) in [4.78, 5) is 28.9. The van der Waals surface area contributed by atoms with Crippen LogP contribution in [0.15, 0.2) is 43.0 Å². The first-order valence-corrected chi connectivity index (χ1v) is 13.9. The van der Waals surface area contributed by atoms with Gasteiger partial charge in [0, 0.05) is 66.7 Å². The lowest BCUT2D eigenvalue weighted by Crippen LogP contribution is -2.57. The van der Waals surface area contributed by atoms with Crippen molar-refractivity contribution in [3.8, 4) is 11.1 Å². The number of nitrogens with zero attached hydrogens (tertiary/aromatic N) is 2. The van der Waals surface area contributed by atoms with Gasteiger partial charge in [0.1, 0.15) is 11.4 Å². The molecule has 1 saturated heterocycles. The summed E-state index contributed by atoms with van der Waals surface area (Å²) in [5.41, 5.74) is 1.53. The van der Waals surface area contributed by atoms with Gasteiger partial charge in [-0.05, 0) is 48.2 Å². The van der Waals surface area contributed by atoms with Crippen molar-refractivity contribution in [3.63, 3.8) is 0 Å². The summed E-state index contributed by atoms with van der Waals surface area (Å²) < 4.78 is 15.4. The molecule has 0 atom stereocenters. The predicted octanol–water partition coefficient (Wildman–Crippen LogP) is 5.78. The largest absolute Gasteiger partial charge is 0.388 e. The Labute approximate surface area is 237 Å². The molecule has 1 saturated carbocycles. The SMILES string of the molecule is C=C(c1ccc(-c2ccc(NC)c(C=N)c2)cc1F)N(CC1CN(C(=O)C2(O)CC2)C1)C(=O)C(C)(C)C.CCC. The quantitative estimate of drug-likeness (QED) is 0.363. The molecule has 2 aromatic carbocycles. The fourth-order valence-electron chi connectivity index (χ4n) is 4.62. The van der Waals surface area contributed by atoms with Crippen molar-refractivity contribution in [2.75, 3.05) is 32.0 Å². The van der Waals surface area contributed by atoms with Gasteiger partial charge in [0.2, 0.25) is 5.91 Å². The molecule has 1 aliphatic carbocycles. The van der Waals surface area contributed by atoms with Crippen LogP contribution in [0.2, 0.25) is 0 Å². The van der Waals surface area contributed by atoms with Crippen LogP contribution in [0.25, 0.3) is 16.8 Å². The van der Waals surface area contributed by atoms with E-state index >= 15 is 4.39 Å². The smallest absolute Gasteiger partial charge is 0.254 e. The first-order valence-electron chi connectivity index (χ1n) is 13.9. The molecule has 1 heterocycles. The van der Waals surface area contributed by atoms with E-state index in [1.165, 1.54) is 23.6 Å². The van der Waals surface area contributed by atoms with E-state index in [1.54, 1.807) is 24.1 Å². The average molecular weight is 551 g/mol. The third-order valence-corrected chi connectivity index (χ3v) is 7.11. The molecule has 8 heteroatoms. The molecular formula is C32H43FN4O3. The number of rotatable bonds is 8. The zero-order chi connectivity index (χ0) is 29.8. The molecule has 40 heavy (non-hydrogen) atoms. The minimum atomic E-state index is -1.20. The van der Waals surface area contributed by atoms with Gasteiger partial charge in [-0.3, -0.25) is 9.59 Å². The van der Waals surface area contributed by atoms with Crippen molar-refractivity contribution in [2.24, 2.45) is 11.3 Å². The second-order valence-corrected chi connectivity index (χ2v) is 11.8. The number of hydrogen-bond donors (Lipinski definition) is 3. The Morgan fingerprint density at radius 1 is 1.18 bits per heavy atom. The number of benzene rings is 2. The molecule has 2 aromatic rings. The number of likely N-dealkylation sites (tertiary alicyclic amines) is 1. The number of halogens is 1. The summed E-state index contributed by atoms with van der Waals surface area (Å²) >= 11 is 0. The molecule has 3 N–H and O–H groups in total. The van der Waals surface area contributed by atoms with Crippen molar-refractivity contribution in [3.05, 3.63) is 59.9 Å². The van der Waals surface area contributed by atoms with Crippen LogP contribution in [0.4, 0.5) is 10.1 Å². The van der Waals surface area contributed by atoms with E-state index in [-0.39, 0.29) is 29.0 Å². The Morgan fingerprint density at radius 3 is 2.25 bits per heavy atom. The van der Waals surface area contributed by atoms with Crippen LogP contribution in [0.1, 0.15) is 65.0 Å². The number of anilines is 1. The van der Waals surface area contributed by atoms with Crippen LogP contribution in [0.3, 0.4) is 0 Å². The normalized spacial score (nSPS) is 15.8. The molecule has 0 bridgehead atoms. The van der Waals surface area contributed by atoms with Crippen LogP contribution in [0.5, 0.6) is 0 Å². The van der Waals surface area contributed by atoms with Gasteiger partial charge in [-0.25, -0.2) is 4.39 Å². The van der Waals surface area contributed by atoms with Crippen molar-refractivity contribution >= 4 is 29.4 Å². The lowest BCUT2D eigenvalue weighted by atomic mass is 9.91. The number of carbonyl (C=O) groups excluding carboxylic acids is 2. The van der Waals surface area contributed by atoms with Crippen molar-refractivity contribution in [2.45, 2.75) is 59.5 Å². The van der Waals surface area contributed by atoms with E-state index in [0.29, 0.717) is 43.6 Å². The third kappa shape index (κ3) is 6.78. The zero-order valence-electron chi connectivity index (χ0n) is 24.6. The minimum absolute atomic E-state index is 0.0157. The highest BCUT2D eigenvalue weighted by Crippen LogP contribution is 2.39. The predicted molar refractivity (Wildman–Crippen MR) is 160 cm³/mol. The Balaban J connectivity index is 0.00000141. The first kappa shape index (κ1) is 31.0. The van der Waals surface area contributed by atoms with Gasteiger partial charge in [-0.1, -0.05) is 59.8 Å². The fraction of sp³-hybridized carbons (Fsp3) is 0.469. The highest BCUT2D eigenvalue weighted by atomic mass is 19.1. The average Bonchev–Trinajstić information content (AvgIpc) is 3.65. The molecule has 2 amide bonds. The molecule has 2 aliphatic rings. The molecular weight excluding hydrogens is 507 g/mol. The molecule has 216 valence electrons. The molecule has 7 nitrogen and oxygen atoms in total. The highest BCUT2D eigenvalue weighted by molar-refractivity contribution is 5.91. The van der Waals surface area contributed by atoms with Crippen LogP contribution >= 0.6 is 0 Å². The monoisotopic (exact) mass is 550 g/mol. The van der Waals surface area contributed by atoms with Gasteiger partial charge < -0.3 is 25.6 Å². The summed E-state index contributed by atoms with van der Waals surface area (Å²) in [5, 5.41) is 20.8. The Kier molecular flexibility index (Phi) is 9.56. The summed E-state index contributed by atoms with van der Waals surface area (Å²) in [6.07, 6.45) is 3.49. The Bertz CT molecular complexity index is 1270.